The van der Waals surface area contributed by atoms with Crippen LogP contribution < -0.4 is 0 Å². The van der Waals surface area contributed by atoms with Crippen molar-refractivity contribution in [3.8, 4) is 0 Å². The quantitative estimate of drug-likeness (QED) is 0.893. The first-order chi connectivity index (χ1) is 9.22. The Morgan fingerprint density at radius 2 is 2.26 bits per heavy atom. The third-order valence-electron chi connectivity index (χ3n) is 3.81. The highest BCUT2D eigenvalue weighted by molar-refractivity contribution is 5.30. The fourth-order valence-corrected chi connectivity index (χ4v) is 2.51. The Labute approximate surface area is 113 Å². The number of rotatable bonds is 5. The van der Waals surface area contributed by atoms with Gasteiger partial charge < -0.3 is 5.11 Å². The van der Waals surface area contributed by atoms with E-state index in [4.69, 9.17) is 0 Å². The lowest BCUT2D eigenvalue weighted by molar-refractivity contribution is 0.167. The molecule has 1 aromatic heterocycles. The zero-order valence-electron chi connectivity index (χ0n) is 11.3. The van der Waals surface area contributed by atoms with Crippen LogP contribution in [0.5, 0.6) is 0 Å². The Bertz CT molecular complexity index is 557. The van der Waals surface area contributed by atoms with Gasteiger partial charge in [-0.25, -0.2) is 0 Å². The van der Waals surface area contributed by atoms with Crippen LogP contribution in [0, 0.1) is 0 Å². The van der Waals surface area contributed by atoms with Crippen LogP contribution in [0.4, 0.5) is 0 Å². The summed E-state index contributed by atoms with van der Waals surface area (Å²) >= 11 is 0. The van der Waals surface area contributed by atoms with E-state index in [1.165, 1.54) is 24.0 Å². The molecule has 1 atom stereocenters. The molecular formula is C16H20N2O. The third kappa shape index (κ3) is 3.04. The fourth-order valence-electron chi connectivity index (χ4n) is 2.51. The molecule has 0 saturated heterocycles. The van der Waals surface area contributed by atoms with E-state index in [2.05, 4.69) is 23.3 Å². The molecule has 1 fully saturated rings. The number of benzene rings is 1. The molecule has 0 spiro atoms. The highest BCUT2D eigenvalue weighted by Gasteiger charge is 2.23. The molecule has 100 valence electrons. The van der Waals surface area contributed by atoms with E-state index in [9.17, 15) is 5.11 Å². The molecule has 1 aliphatic carbocycles. The first kappa shape index (κ1) is 12.4. The molecule has 0 aliphatic heterocycles. The van der Waals surface area contributed by atoms with Crippen LogP contribution in [0.1, 0.15) is 48.0 Å². The average molecular weight is 256 g/mol. The van der Waals surface area contributed by atoms with Gasteiger partial charge in [0, 0.05) is 13.2 Å². The molecule has 0 radical (unpaired) electrons. The van der Waals surface area contributed by atoms with Gasteiger partial charge in [-0.15, -0.1) is 0 Å². The summed E-state index contributed by atoms with van der Waals surface area (Å²) in [6, 6.07) is 8.44. The third-order valence-corrected chi connectivity index (χ3v) is 3.81. The molecule has 1 saturated carbocycles. The van der Waals surface area contributed by atoms with E-state index in [0.717, 1.165) is 24.3 Å². The second-order valence-electron chi connectivity index (χ2n) is 5.52. The number of aromatic nitrogens is 2. The number of aliphatic hydroxyl groups excluding tert-OH is 1. The number of nitrogens with zero attached hydrogens (tertiary/aromatic N) is 2. The molecule has 3 rings (SSSR count). The predicted octanol–water partition coefficient (Wildman–Crippen LogP) is 2.96. The van der Waals surface area contributed by atoms with Crippen molar-refractivity contribution in [3.63, 3.8) is 0 Å². The van der Waals surface area contributed by atoms with E-state index in [1.54, 1.807) is 4.68 Å². The van der Waals surface area contributed by atoms with E-state index in [0.29, 0.717) is 0 Å². The summed E-state index contributed by atoms with van der Waals surface area (Å²) in [6.45, 7) is 0. The molecule has 2 aromatic rings. The van der Waals surface area contributed by atoms with Gasteiger partial charge in [0.05, 0.1) is 12.3 Å². The lowest BCUT2D eigenvalue weighted by Crippen LogP contribution is -2.00. The van der Waals surface area contributed by atoms with Crippen LogP contribution in [0.15, 0.2) is 36.7 Å². The molecule has 1 heterocycles. The SMILES string of the molecule is Cn1cc(CCC(O)c2cccc(C3CC3)c2)cn1. The Balaban J connectivity index is 1.63. The zero-order chi connectivity index (χ0) is 13.2. The van der Waals surface area contributed by atoms with Crippen molar-refractivity contribution in [2.45, 2.75) is 37.7 Å². The van der Waals surface area contributed by atoms with Crippen LogP contribution in [-0.4, -0.2) is 14.9 Å². The van der Waals surface area contributed by atoms with Gasteiger partial charge in [0.15, 0.2) is 0 Å². The summed E-state index contributed by atoms with van der Waals surface area (Å²) in [6.07, 6.45) is 7.71. The molecule has 3 nitrogen and oxygen atoms in total. The van der Waals surface area contributed by atoms with Crippen molar-refractivity contribution in [1.29, 1.82) is 0 Å². The number of aliphatic hydroxyl groups is 1. The van der Waals surface area contributed by atoms with E-state index >= 15 is 0 Å². The van der Waals surface area contributed by atoms with E-state index in [-0.39, 0.29) is 6.10 Å². The number of hydrogen-bond donors (Lipinski definition) is 1. The molecule has 1 aromatic carbocycles. The Hall–Kier alpha value is -1.61. The molecule has 19 heavy (non-hydrogen) atoms. The van der Waals surface area contributed by atoms with Gasteiger partial charge in [-0.3, -0.25) is 4.68 Å². The van der Waals surface area contributed by atoms with Crippen molar-refractivity contribution >= 4 is 0 Å². The van der Waals surface area contributed by atoms with Crippen LogP contribution in [0.3, 0.4) is 0 Å². The Morgan fingerprint density at radius 1 is 1.42 bits per heavy atom. The van der Waals surface area contributed by atoms with Gasteiger partial charge >= 0.3 is 0 Å². The minimum absolute atomic E-state index is 0.376. The summed E-state index contributed by atoms with van der Waals surface area (Å²) in [5.74, 6) is 0.741. The van der Waals surface area contributed by atoms with Crippen LogP contribution in [0.2, 0.25) is 0 Å². The van der Waals surface area contributed by atoms with Crippen LogP contribution in [-0.2, 0) is 13.5 Å². The predicted molar refractivity (Wildman–Crippen MR) is 74.9 cm³/mol. The maximum absolute atomic E-state index is 10.3. The molecule has 1 unspecified atom stereocenters. The summed E-state index contributed by atoms with van der Waals surface area (Å²) in [5.41, 5.74) is 3.62. The van der Waals surface area contributed by atoms with E-state index in [1.807, 2.05) is 25.5 Å². The minimum atomic E-state index is -0.376. The number of aryl methyl sites for hydroxylation is 2. The second-order valence-corrected chi connectivity index (χ2v) is 5.52. The van der Waals surface area contributed by atoms with Crippen molar-refractivity contribution in [1.82, 2.24) is 9.78 Å². The normalized spacial score (nSPS) is 16.5. The Morgan fingerprint density at radius 3 is 2.95 bits per heavy atom. The summed E-state index contributed by atoms with van der Waals surface area (Å²) in [5, 5.41) is 14.4. The maximum atomic E-state index is 10.3. The fraction of sp³-hybridized carbons (Fsp3) is 0.438. The highest BCUT2D eigenvalue weighted by Crippen LogP contribution is 2.40. The van der Waals surface area contributed by atoms with Crippen molar-refractivity contribution in [2.24, 2.45) is 7.05 Å². The molecule has 3 heteroatoms. The lowest BCUT2D eigenvalue weighted by Gasteiger charge is -2.11. The largest absolute Gasteiger partial charge is 0.388 e. The highest BCUT2D eigenvalue weighted by atomic mass is 16.3. The maximum Gasteiger partial charge on any atom is 0.0793 e. The van der Waals surface area contributed by atoms with Crippen molar-refractivity contribution in [2.75, 3.05) is 0 Å². The van der Waals surface area contributed by atoms with Crippen LogP contribution in [0.25, 0.3) is 0 Å². The zero-order valence-corrected chi connectivity index (χ0v) is 11.3. The Kier molecular flexibility index (Phi) is 3.38. The van der Waals surface area contributed by atoms with Crippen molar-refractivity contribution in [3.05, 3.63) is 53.3 Å². The van der Waals surface area contributed by atoms with Gasteiger partial charge in [0.25, 0.3) is 0 Å². The minimum Gasteiger partial charge on any atom is -0.388 e. The molecule has 0 amide bonds. The molecule has 1 aliphatic rings. The van der Waals surface area contributed by atoms with E-state index < -0.39 is 0 Å². The van der Waals surface area contributed by atoms with Gasteiger partial charge in [0.2, 0.25) is 0 Å². The monoisotopic (exact) mass is 256 g/mol. The summed E-state index contributed by atoms with van der Waals surface area (Å²) in [4.78, 5) is 0. The first-order valence-corrected chi connectivity index (χ1v) is 6.98. The summed E-state index contributed by atoms with van der Waals surface area (Å²) < 4.78 is 1.80. The second kappa shape index (κ2) is 5.17. The molecule has 1 N–H and O–H groups in total. The topological polar surface area (TPSA) is 38.0 Å². The van der Waals surface area contributed by atoms with Crippen LogP contribution >= 0.6 is 0 Å². The molecule has 0 bridgehead atoms. The molecular weight excluding hydrogens is 236 g/mol. The van der Waals surface area contributed by atoms with Crippen molar-refractivity contribution < 1.29 is 5.11 Å². The summed E-state index contributed by atoms with van der Waals surface area (Å²) in [7, 11) is 1.92. The first-order valence-electron chi connectivity index (χ1n) is 6.98. The lowest BCUT2D eigenvalue weighted by atomic mass is 9.99. The smallest absolute Gasteiger partial charge is 0.0793 e. The average Bonchev–Trinajstić information content (AvgIpc) is 3.20. The van der Waals surface area contributed by atoms with Gasteiger partial charge in [-0.2, -0.15) is 5.10 Å². The number of hydrogen-bond acceptors (Lipinski definition) is 2. The van der Waals surface area contributed by atoms with Gasteiger partial charge in [-0.05, 0) is 48.3 Å². The van der Waals surface area contributed by atoms with Gasteiger partial charge in [-0.1, -0.05) is 24.3 Å². The standard InChI is InChI=1S/C16H20N2O/c1-18-11-12(10-17-18)5-8-16(19)15-4-2-3-14(9-15)13-6-7-13/h2-4,9-11,13,16,19H,5-8H2,1H3. The van der Waals surface area contributed by atoms with Gasteiger partial charge in [0.1, 0.15) is 0 Å².